The van der Waals surface area contributed by atoms with Crippen LogP contribution in [-0.4, -0.2) is 48.4 Å². The molecule has 0 aliphatic carbocycles. The first kappa shape index (κ1) is 19.9. The van der Waals surface area contributed by atoms with E-state index in [0.717, 1.165) is 36.6 Å². The van der Waals surface area contributed by atoms with Crippen LogP contribution < -0.4 is 15.0 Å². The lowest BCUT2D eigenvalue weighted by Crippen LogP contribution is -2.36. The second-order valence-electron chi connectivity index (χ2n) is 7.92. The van der Waals surface area contributed by atoms with Gasteiger partial charge in [0.2, 0.25) is 0 Å². The molecule has 1 aromatic carbocycles. The van der Waals surface area contributed by atoms with Crippen LogP contribution in [0.25, 0.3) is 11.4 Å². The first-order valence-corrected chi connectivity index (χ1v) is 9.54. The van der Waals surface area contributed by atoms with Gasteiger partial charge < -0.3 is 19.7 Å². The van der Waals surface area contributed by atoms with Gasteiger partial charge in [-0.05, 0) is 51.3 Å². The van der Waals surface area contributed by atoms with Crippen molar-refractivity contribution in [1.82, 2.24) is 15.3 Å². The summed E-state index contributed by atoms with van der Waals surface area (Å²) in [5, 5.41) is 2.87. The summed E-state index contributed by atoms with van der Waals surface area (Å²) in [5.74, 6) is 2.64. The second kappa shape index (κ2) is 8.46. The summed E-state index contributed by atoms with van der Waals surface area (Å²) >= 11 is 0. The Kier molecular flexibility index (Phi) is 6.02. The van der Waals surface area contributed by atoms with E-state index in [4.69, 9.17) is 14.5 Å². The van der Waals surface area contributed by atoms with Crippen molar-refractivity contribution in [2.75, 3.05) is 31.6 Å². The smallest absolute Gasteiger partial charge is 0.407 e. The van der Waals surface area contributed by atoms with Crippen LogP contribution in [-0.2, 0) is 4.74 Å². The third-order valence-electron chi connectivity index (χ3n) is 4.53. The fourth-order valence-electron chi connectivity index (χ4n) is 3.23. The highest BCUT2D eigenvalue weighted by atomic mass is 16.6. The average Bonchev–Trinajstić information content (AvgIpc) is 3.14. The SMILES string of the molecule is COc1ccccc1-c1nccc(N2CC[C@H](CNC(=O)OC(C)(C)C)C2)n1. The molecule has 7 heteroatoms. The van der Waals surface area contributed by atoms with Crippen LogP contribution in [0, 0.1) is 5.92 Å². The van der Waals surface area contributed by atoms with Gasteiger partial charge in [0, 0.05) is 25.8 Å². The van der Waals surface area contributed by atoms with Crippen molar-refractivity contribution in [3.63, 3.8) is 0 Å². The number of ether oxygens (including phenoxy) is 2. The number of rotatable bonds is 5. The molecule has 1 amide bonds. The number of para-hydroxylation sites is 1. The Bertz CT molecular complexity index is 819. The van der Waals surface area contributed by atoms with Gasteiger partial charge in [-0.2, -0.15) is 0 Å². The predicted molar refractivity (Wildman–Crippen MR) is 109 cm³/mol. The molecule has 0 spiro atoms. The zero-order chi connectivity index (χ0) is 20.1. The molecule has 0 saturated carbocycles. The Morgan fingerprint density at radius 3 is 2.82 bits per heavy atom. The molecule has 1 aromatic heterocycles. The van der Waals surface area contributed by atoms with E-state index >= 15 is 0 Å². The van der Waals surface area contributed by atoms with Gasteiger partial charge in [-0.1, -0.05) is 12.1 Å². The third kappa shape index (κ3) is 5.12. The topological polar surface area (TPSA) is 76.6 Å². The molecule has 0 bridgehead atoms. The van der Waals surface area contributed by atoms with Crippen LogP contribution in [0.3, 0.4) is 0 Å². The minimum Gasteiger partial charge on any atom is -0.496 e. The summed E-state index contributed by atoms with van der Waals surface area (Å²) < 4.78 is 10.7. The van der Waals surface area contributed by atoms with Gasteiger partial charge in [0.1, 0.15) is 17.2 Å². The van der Waals surface area contributed by atoms with Crippen LogP contribution >= 0.6 is 0 Å². The van der Waals surface area contributed by atoms with Crippen LogP contribution in [0.5, 0.6) is 5.75 Å². The number of hydrogen-bond acceptors (Lipinski definition) is 6. The number of alkyl carbamates (subject to hydrolysis) is 1. The molecule has 28 heavy (non-hydrogen) atoms. The van der Waals surface area contributed by atoms with Crippen LogP contribution in [0.4, 0.5) is 10.6 Å². The van der Waals surface area contributed by atoms with Gasteiger partial charge in [-0.15, -0.1) is 0 Å². The molecule has 1 aliphatic heterocycles. The monoisotopic (exact) mass is 384 g/mol. The summed E-state index contributed by atoms with van der Waals surface area (Å²) in [4.78, 5) is 23.2. The molecular weight excluding hydrogens is 356 g/mol. The summed E-state index contributed by atoms with van der Waals surface area (Å²) in [6, 6.07) is 9.65. The fourth-order valence-corrected chi connectivity index (χ4v) is 3.23. The Morgan fingerprint density at radius 1 is 1.29 bits per heavy atom. The molecule has 1 aliphatic rings. The molecular formula is C21H28N4O3. The first-order valence-electron chi connectivity index (χ1n) is 9.54. The Morgan fingerprint density at radius 2 is 2.07 bits per heavy atom. The number of hydrogen-bond donors (Lipinski definition) is 1. The highest BCUT2D eigenvalue weighted by molar-refractivity contribution is 5.67. The minimum atomic E-state index is -0.484. The minimum absolute atomic E-state index is 0.359. The van der Waals surface area contributed by atoms with Crippen LogP contribution in [0.1, 0.15) is 27.2 Å². The van der Waals surface area contributed by atoms with Gasteiger partial charge in [0.15, 0.2) is 5.82 Å². The van der Waals surface area contributed by atoms with Crippen LogP contribution in [0.2, 0.25) is 0 Å². The summed E-state index contributed by atoms with van der Waals surface area (Å²) in [6.45, 7) is 7.89. The van der Waals surface area contributed by atoms with E-state index in [2.05, 4.69) is 15.2 Å². The van der Waals surface area contributed by atoms with Crippen molar-refractivity contribution in [2.45, 2.75) is 32.8 Å². The number of aromatic nitrogens is 2. The van der Waals surface area contributed by atoms with Crippen molar-refractivity contribution in [1.29, 1.82) is 0 Å². The van der Waals surface area contributed by atoms with E-state index in [1.807, 2.05) is 51.1 Å². The molecule has 2 heterocycles. The molecule has 150 valence electrons. The summed E-state index contributed by atoms with van der Waals surface area (Å²) in [7, 11) is 1.64. The van der Waals surface area contributed by atoms with Crippen LogP contribution in [0.15, 0.2) is 36.5 Å². The second-order valence-corrected chi connectivity index (χ2v) is 7.92. The highest BCUT2D eigenvalue weighted by Crippen LogP contribution is 2.29. The van der Waals surface area contributed by atoms with Crippen molar-refractivity contribution >= 4 is 11.9 Å². The number of nitrogens with zero attached hydrogens (tertiary/aromatic N) is 3. The predicted octanol–water partition coefficient (Wildman–Crippen LogP) is 3.50. The lowest BCUT2D eigenvalue weighted by molar-refractivity contribution is 0.0520. The first-order chi connectivity index (χ1) is 13.4. The van der Waals surface area contributed by atoms with Crippen molar-refractivity contribution < 1.29 is 14.3 Å². The van der Waals surface area contributed by atoms with E-state index in [-0.39, 0.29) is 6.09 Å². The number of amides is 1. The lowest BCUT2D eigenvalue weighted by atomic mass is 10.1. The number of methoxy groups -OCH3 is 1. The Hall–Kier alpha value is -2.83. The van der Waals surface area contributed by atoms with E-state index in [9.17, 15) is 4.79 Å². The number of benzene rings is 1. The van der Waals surface area contributed by atoms with E-state index in [0.29, 0.717) is 18.3 Å². The van der Waals surface area contributed by atoms with Gasteiger partial charge in [-0.3, -0.25) is 0 Å². The van der Waals surface area contributed by atoms with E-state index < -0.39 is 5.60 Å². The maximum atomic E-state index is 11.8. The largest absolute Gasteiger partial charge is 0.496 e. The number of nitrogens with one attached hydrogen (secondary N) is 1. The molecule has 2 aromatic rings. The summed E-state index contributed by atoms with van der Waals surface area (Å²) in [6.07, 6.45) is 2.40. The molecule has 0 radical (unpaired) electrons. The molecule has 0 unspecified atom stereocenters. The molecule has 7 nitrogen and oxygen atoms in total. The maximum absolute atomic E-state index is 11.8. The lowest BCUT2D eigenvalue weighted by Gasteiger charge is -2.21. The molecule has 1 fully saturated rings. The molecule has 3 rings (SSSR count). The zero-order valence-electron chi connectivity index (χ0n) is 16.9. The quantitative estimate of drug-likeness (QED) is 0.850. The average molecular weight is 384 g/mol. The van der Waals surface area contributed by atoms with E-state index in [1.165, 1.54) is 0 Å². The van der Waals surface area contributed by atoms with Gasteiger partial charge in [0.05, 0.1) is 12.7 Å². The molecule has 1 atom stereocenters. The Labute approximate surface area is 166 Å². The molecule has 1 N–H and O–H groups in total. The third-order valence-corrected chi connectivity index (χ3v) is 4.53. The van der Waals surface area contributed by atoms with Gasteiger partial charge in [-0.25, -0.2) is 14.8 Å². The Balaban J connectivity index is 1.62. The normalized spacial score (nSPS) is 16.7. The highest BCUT2D eigenvalue weighted by Gasteiger charge is 2.25. The fraction of sp³-hybridized carbons (Fsp3) is 0.476. The molecule has 1 saturated heterocycles. The standard InChI is InChI=1S/C21H28N4O3/c1-21(2,3)28-20(26)23-13-15-10-12-25(14-15)18-9-11-22-19(24-18)16-7-5-6-8-17(16)27-4/h5-9,11,15H,10,12-14H2,1-4H3,(H,23,26)/t15-/m1/s1. The van der Waals surface area contributed by atoms with Gasteiger partial charge >= 0.3 is 6.09 Å². The number of carbonyl (C=O) groups is 1. The van der Waals surface area contributed by atoms with Gasteiger partial charge in [0.25, 0.3) is 0 Å². The summed E-state index contributed by atoms with van der Waals surface area (Å²) in [5.41, 5.74) is 0.385. The van der Waals surface area contributed by atoms with Crippen molar-refractivity contribution in [2.24, 2.45) is 5.92 Å². The number of anilines is 1. The van der Waals surface area contributed by atoms with Crippen molar-refractivity contribution in [3.05, 3.63) is 36.5 Å². The number of carbonyl (C=O) groups excluding carboxylic acids is 1. The zero-order valence-corrected chi connectivity index (χ0v) is 16.9. The maximum Gasteiger partial charge on any atom is 0.407 e. The van der Waals surface area contributed by atoms with E-state index in [1.54, 1.807) is 13.3 Å². The van der Waals surface area contributed by atoms with Crippen molar-refractivity contribution in [3.8, 4) is 17.1 Å².